The van der Waals surface area contributed by atoms with Gasteiger partial charge in [0.1, 0.15) is 0 Å². The third kappa shape index (κ3) is 2.33. The van der Waals surface area contributed by atoms with E-state index in [-0.39, 0.29) is 6.04 Å². The molecule has 1 atom stereocenters. The zero-order valence-corrected chi connectivity index (χ0v) is 11.0. The number of nitrogens with zero attached hydrogens (tertiary/aromatic N) is 1. The van der Waals surface area contributed by atoms with Crippen LogP contribution in [0.5, 0.6) is 0 Å². The van der Waals surface area contributed by atoms with Crippen LogP contribution in [-0.4, -0.2) is 4.98 Å². The summed E-state index contributed by atoms with van der Waals surface area (Å²) in [6.07, 6.45) is 1.79. The molecular formula is C16H13ClN2. The van der Waals surface area contributed by atoms with Gasteiger partial charge in [0, 0.05) is 16.6 Å². The molecule has 1 aromatic heterocycles. The van der Waals surface area contributed by atoms with Crippen LogP contribution in [0.25, 0.3) is 10.9 Å². The summed E-state index contributed by atoms with van der Waals surface area (Å²) in [5.74, 6) is 0. The molecule has 2 aromatic carbocycles. The Balaban J connectivity index is 2.07. The Morgan fingerprint density at radius 2 is 1.84 bits per heavy atom. The summed E-state index contributed by atoms with van der Waals surface area (Å²) in [5.41, 5.74) is 9.25. The molecule has 3 aromatic rings. The molecule has 0 spiro atoms. The fraction of sp³-hybridized carbons (Fsp3) is 0.0625. The quantitative estimate of drug-likeness (QED) is 0.765. The van der Waals surface area contributed by atoms with Gasteiger partial charge in [-0.3, -0.25) is 4.98 Å². The minimum atomic E-state index is -0.224. The van der Waals surface area contributed by atoms with Crippen LogP contribution in [0.4, 0.5) is 0 Å². The van der Waals surface area contributed by atoms with Crippen LogP contribution >= 0.6 is 11.6 Å². The molecule has 0 saturated heterocycles. The fourth-order valence-electron chi connectivity index (χ4n) is 2.19. The number of fused-ring (bicyclic) bond motifs is 1. The number of benzene rings is 2. The van der Waals surface area contributed by atoms with Gasteiger partial charge in [-0.25, -0.2) is 0 Å². The Morgan fingerprint density at radius 1 is 1.00 bits per heavy atom. The summed E-state index contributed by atoms with van der Waals surface area (Å²) in [4.78, 5) is 4.31. The summed E-state index contributed by atoms with van der Waals surface area (Å²) in [6, 6.07) is 17.5. The second-order valence-corrected chi connectivity index (χ2v) is 4.86. The molecule has 0 aliphatic carbocycles. The summed E-state index contributed by atoms with van der Waals surface area (Å²) >= 11 is 6.19. The van der Waals surface area contributed by atoms with Gasteiger partial charge in [0.15, 0.2) is 0 Å². The average Bonchev–Trinajstić information content (AvgIpc) is 2.46. The largest absolute Gasteiger partial charge is 0.320 e. The molecule has 2 nitrogen and oxygen atoms in total. The average molecular weight is 269 g/mol. The highest BCUT2D eigenvalue weighted by Crippen LogP contribution is 2.27. The number of nitrogens with two attached hydrogens (primary N) is 1. The van der Waals surface area contributed by atoms with Crippen molar-refractivity contribution in [2.24, 2.45) is 5.73 Å². The van der Waals surface area contributed by atoms with Crippen molar-refractivity contribution in [1.29, 1.82) is 0 Å². The van der Waals surface area contributed by atoms with Gasteiger partial charge in [0.05, 0.1) is 11.6 Å². The zero-order chi connectivity index (χ0) is 13.2. The molecule has 2 N–H and O–H groups in total. The predicted octanol–water partition coefficient (Wildman–Crippen LogP) is 3.94. The molecule has 3 heteroatoms. The van der Waals surface area contributed by atoms with Crippen LogP contribution in [-0.2, 0) is 0 Å². The molecule has 0 radical (unpaired) electrons. The maximum absolute atomic E-state index is 6.30. The van der Waals surface area contributed by atoms with Gasteiger partial charge in [-0.05, 0) is 35.4 Å². The van der Waals surface area contributed by atoms with E-state index in [1.807, 2.05) is 48.5 Å². The first kappa shape index (κ1) is 12.2. The lowest BCUT2D eigenvalue weighted by atomic mass is 9.98. The Morgan fingerprint density at radius 3 is 2.68 bits per heavy atom. The Labute approximate surface area is 116 Å². The molecule has 0 bridgehead atoms. The van der Waals surface area contributed by atoms with E-state index in [4.69, 9.17) is 17.3 Å². The fourth-order valence-corrected chi connectivity index (χ4v) is 2.45. The molecule has 0 saturated carbocycles. The van der Waals surface area contributed by atoms with Crippen LogP contribution in [0.2, 0.25) is 5.02 Å². The van der Waals surface area contributed by atoms with Gasteiger partial charge >= 0.3 is 0 Å². The Bertz CT molecular complexity index is 725. The summed E-state index contributed by atoms with van der Waals surface area (Å²) < 4.78 is 0. The van der Waals surface area contributed by atoms with Crippen molar-refractivity contribution in [2.75, 3.05) is 0 Å². The predicted molar refractivity (Wildman–Crippen MR) is 79.2 cm³/mol. The van der Waals surface area contributed by atoms with Crippen molar-refractivity contribution in [3.05, 3.63) is 76.9 Å². The van der Waals surface area contributed by atoms with Crippen LogP contribution in [0.3, 0.4) is 0 Å². The van der Waals surface area contributed by atoms with Crippen molar-refractivity contribution >= 4 is 22.5 Å². The molecule has 1 unspecified atom stereocenters. The van der Waals surface area contributed by atoms with Gasteiger partial charge in [0.25, 0.3) is 0 Å². The summed E-state index contributed by atoms with van der Waals surface area (Å²) in [6.45, 7) is 0. The lowest BCUT2D eigenvalue weighted by Gasteiger charge is -2.14. The van der Waals surface area contributed by atoms with E-state index >= 15 is 0 Å². The standard InChI is InChI=1S/C16H13ClN2/c17-14-6-2-1-5-13(14)16(18)12-7-8-15-11(10-12)4-3-9-19-15/h1-10,16H,18H2. The number of rotatable bonds is 2. The molecule has 19 heavy (non-hydrogen) atoms. The Hall–Kier alpha value is -1.90. The molecule has 94 valence electrons. The molecule has 1 heterocycles. The van der Waals surface area contributed by atoms with Crippen LogP contribution in [0.15, 0.2) is 60.8 Å². The highest BCUT2D eigenvalue weighted by atomic mass is 35.5. The SMILES string of the molecule is NC(c1ccc2ncccc2c1)c1ccccc1Cl. The van der Waals surface area contributed by atoms with E-state index < -0.39 is 0 Å². The minimum Gasteiger partial charge on any atom is -0.320 e. The van der Waals surface area contributed by atoms with Gasteiger partial charge in [-0.1, -0.05) is 41.9 Å². The van der Waals surface area contributed by atoms with E-state index in [2.05, 4.69) is 11.1 Å². The second-order valence-electron chi connectivity index (χ2n) is 4.45. The Kier molecular flexibility index (Phi) is 3.20. The van der Waals surface area contributed by atoms with Crippen LogP contribution in [0.1, 0.15) is 17.2 Å². The van der Waals surface area contributed by atoms with E-state index in [1.54, 1.807) is 6.20 Å². The van der Waals surface area contributed by atoms with E-state index in [1.165, 1.54) is 0 Å². The highest BCUT2D eigenvalue weighted by Gasteiger charge is 2.12. The van der Waals surface area contributed by atoms with Crippen molar-refractivity contribution in [3.63, 3.8) is 0 Å². The van der Waals surface area contributed by atoms with E-state index in [0.717, 1.165) is 22.0 Å². The van der Waals surface area contributed by atoms with Gasteiger partial charge in [-0.2, -0.15) is 0 Å². The van der Waals surface area contributed by atoms with E-state index in [0.29, 0.717) is 5.02 Å². The number of halogens is 1. The topological polar surface area (TPSA) is 38.9 Å². The first-order valence-corrected chi connectivity index (χ1v) is 6.48. The maximum atomic E-state index is 6.30. The van der Waals surface area contributed by atoms with E-state index in [9.17, 15) is 0 Å². The van der Waals surface area contributed by atoms with Crippen LogP contribution < -0.4 is 5.73 Å². The van der Waals surface area contributed by atoms with Crippen molar-refractivity contribution in [1.82, 2.24) is 4.98 Å². The number of pyridine rings is 1. The lowest BCUT2D eigenvalue weighted by Crippen LogP contribution is -2.12. The van der Waals surface area contributed by atoms with Crippen molar-refractivity contribution < 1.29 is 0 Å². The first-order valence-electron chi connectivity index (χ1n) is 6.10. The summed E-state index contributed by atoms with van der Waals surface area (Å²) in [7, 11) is 0. The summed E-state index contributed by atoms with van der Waals surface area (Å²) in [5, 5.41) is 1.78. The molecule has 3 rings (SSSR count). The molecule has 0 aliphatic heterocycles. The second kappa shape index (κ2) is 5.00. The van der Waals surface area contributed by atoms with Crippen molar-refractivity contribution in [3.8, 4) is 0 Å². The zero-order valence-electron chi connectivity index (χ0n) is 10.3. The molecule has 0 fully saturated rings. The first-order chi connectivity index (χ1) is 9.25. The monoisotopic (exact) mass is 268 g/mol. The number of aromatic nitrogens is 1. The molecular weight excluding hydrogens is 256 g/mol. The van der Waals surface area contributed by atoms with Gasteiger partial charge < -0.3 is 5.73 Å². The molecule has 0 aliphatic rings. The molecule has 0 amide bonds. The highest BCUT2D eigenvalue weighted by molar-refractivity contribution is 6.31. The normalized spacial score (nSPS) is 12.5. The maximum Gasteiger partial charge on any atom is 0.0702 e. The smallest absolute Gasteiger partial charge is 0.0702 e. The van der Waals surface area contributed by atoms with Gasteiger partial charge in [0.2, 0.25) is 0 Å². The number of hydrogen-bond donors (Lipinski definition) is 1. The van der Waals surface area contributed by atoms with Crippen molar-refractivity contribution in [2.45, 2.75) is 6.04 Å². The number of hydrogen-bond acceptors (Lipinski definition) is 2. The minimum absolute atomic E-state index is 0.224. The van der Waals surface area contributed by atoms with Gasteiger partial charge in [-0.15, -0.1) is 0 Å². The third-order valence-corrected chi connectivity index (χ3v) is 3.57. The lowest BCUT2D eigenvalue weighted by molar-refractivity contribution is 0.873. The third-order valence-electron chi connectivity index (χ3n) is 3.23. The van der Waals surface area contributed by atoms with Crippen LogP contribution in [0, 0.1) is 0 Å².